The molecule has 27 heavy (non-hydrogen) atoms. The summed E-state index contributed by atoms with van der Waals surface area (Å²) in [5.41, 5.74) is 2.65. The van der Waals surface area contributed by atoms with Crippen LogP contribution in [0.25, 0.3) is 0 Å². The average molecular weight is 373 g/mol. The van der Waals surface area contributed by atoms with Crippen LogP contribution in [0.1, 0.15) is 57.1 Å². The van der Waals surface area contributed by atoms with E-state index in [1.807, 2.05) is 0 Å². The summed E-state index contributed by atoms with van der Waals surface area (Å²) in [7, 11) is 0. The predicted molar refractivity (Wildman–Crippen MR) is 112 cm³/mol. The number of guanidine groups is 1. The molecule has 0 saturated carbocycles. The van der Waals surface area contributed by atoms with Crippen LogP contribution in [-0.2, 0) is 17.8 Å². The smallest absolute Gasteiger partial charge is 0.191 e. The molecule has 0 amide bonds. The monoisotopic (exact) mass is 372 g/mol. The van der Waals surface area contributed by atoms with Crippen LogP contribution in [0.5, 0.6) is 0 Å². The Bertz CT molecular complexity index is 580. The van der Waals surface area contributed by atoms with Gasteiger partial charge in [0, 0.05) is 32.3 Å². The molecule has 150 valence electrons. The van der Waals surface area contributed by atoms with E-state index in [2.05, 4.69) is 53.6 Å². The zero-order chi connectivity index (χ0) is 18.9. The minimum Gasteiger partial charge on any atom is -0.376 e. The normalized spacial score (nSPS) is 24.1. The zero-order valence-corrected chi connectivity index (χ0v) is 17.0. The third kappa shape index (κ3) is 6.51. The van der Waals surface area contributed by atoms with Gasteiger partial charge in [0.25, 0.3) is 0 Å². The van der Waals surface area contributed by atoms with E-state index < -0.39 is 0 Å². The Morgan fingerprint density at radius 3 is 2.63 bits per heavy atom. The average Bonchev–Trinajstić information content (AvgIpc) is 3.21. The summed E-state index contributed by atoms with van der Waals surface area (Å²) in [6.07, 6.45) is 6.68. The third-order valence-electron chi connectivity index (χ3n) is 5.63. The van der Waals surface area contributed by atoms with Crippen LogP contribution in [0.15, 0.2) is 29.3 Å². The maximum atomic E-state index is 5.68. The molecule has 5 heteroatoms. The molecule has 0 bridgehead atoms. The largest absolute Gasteiger partial charge is 0.376 e. The molecule has 2 atom stereocenters. The molecule has 1 aromatic rings. The summed E-state index contributed by atoms with van der Waals surface area (Å²) < 4.78 is 5.68. The van der Waals surface area contributed by atoms with Crippen LogP contribution in [-0.4, -0.2) is 49.2 Å². The molecule has 0 radical (unpaired) electrons. The Morgan fingerprint density at radius 1 is 1.11 bits per heavy atom. The van der Waals surface area contributed by atoms with Crippen molar-refractivity contribution < 1.29 is 4.74 Å². The van der Waals surface area contributed by atoms with Crippen molar-refractivity contribution in [1.82, 2.24) is 15.5 Å². The van der Waals surface area contributed by atoms with Crippen molar-refractivity contribution in [3.05, 3.63) is 35.4 Å². The lowest BCUT2D eigenvalue weighted by Crippen LogP contribution is -2.41. The fourth-order valence-corrected chi connectivity index (χ4v) is 3.91. The summed E-state index contributed by atoms with van der Waals surface area (Å²) in [6, 6.07) is 9.67. The van der Waals surface area contributed by atoms with Crippen molar-refractivity contribution in [2.75, 3.05) is 26.2 Å². The molecule has 2 aliphatic rings. The number of ether oxygens (including phenoxy) is 1. The second kappa shape index (κ2) is 10.7. The van der Waals surface area contributed by atoms with Crippen LogP contribution < -0.4 is 10.6 Å². The van der Waals surface area contributed by atoms with Gasteiger partial charge in [-0.05, 0) is 57.2 Å². The number of rotatable bonds is 7. The highest BCUT2D eigenvalue weighted by atomic mass is 16.5. The maximum Gasteiger partial charge on any atom is 0.191 e. The summed E-state index contributed by atoms with van der Waals surface area (Å²) in [6.45, 7) is 10.0. The second-order valence-electron chi connectivity index (χ2n) is 7.84. The summed E-state index contributed by atoms with van der Waals surface area (Å²) in [5, 5.41) is 6.73. The number of likely N-dealkylation sites (tertiary alicyclic amines) is 1. The van der Waals surface area contributed by atoms with E-state index >= 15 is 0 Å². The predicted octanol–water partition coefficient (Wildman–Crippen LogP) is 3.30. The van der Waals surface area contributed by atoms with E-state index in [1.165, 1.54) is 43.4 Å². The van der Waals surface area contributed by atoms with Gasteiger partial charge in [0.1, 0.15) is 0 Å². The van der Waals surface area contributed by atoms with E-state index in [4.69, 9.17) is 9.73 Å². The van der Waals surface area contributed by atoms with Crippen molar-refractivity contribution in [2.24, 2.45) is 4.99 Å². The van der Waals surface area contributed by atoms with Gasteiger partial charge in [-0.3, -0.25) is 4.90 Å². The quantitative estimate of drug-likeness (QED) is 0.570. The van der Waals surface area contributed by atoms with Gasteiger partial charge >= 0.3 is 0 Å². The first-order valence-corrected chi connectivity index (χ1v) is 10.7. The number of piperidine rings is 1. The van der Waals surface area contributed by atoms with Gasteiger partial charge in [0.2, 0.25) is 0 Å². The van der Waals surface area contributed by atoms with Gasteiger partial charge in [-0.25, -0.2) is 4.99 Å². The maximum absolute atomic E-state index is 5.68. The molecule has 2 saturated heterocycles. The minimum absolute atomic E-state index is 0.324. The highest BCUT2D eigenvalue weighted by Crippen LogP contribution is 2.19. The molecule has 5 nitrogen and oxygen atoms in total. The van der Waals surface area contributed by atoms with E-state index in [1.54, 1.807) is 0 Å². The fourth-order valence-electron chi connectivity index (χ4n) is 3.91. The highest BCUT2D eigenvalue weighted by Gasteiger charge is 2.18. The van der Waals surface area contributed by atoms with Crippen LogP contribution in [0.2, 0.25) is 0 Å². The third-order valence-corrected chi connectivity index (χ3v) is 5.63. The first-order chi connectivity index (χ1) is 13.2. The van der Waals surface area contributed by atoms with E-state index in [-0.39, 0.29) is 0 Å². The van der Waals surface area contributed by atoms with E-state index in [9.17, 15) is 0 Å². The minimum atomic E-state index is 0.324. The standard InChI is InChI=1S/C22H36N4O/c1-3-23-22(25-16-21-8-6-14-27-21)24-15-19-9-11-20(12-10-19)17-26-13-5-4-7-18(26)2/h9-12,18,21H,3-8,13-17H2,1-2H3,(H2,23,24,25). The molecule has 0 aromatic heterocycles. The number of nitrogens with zero attached hydrogens (tertiary/aromatic N) is 2. The molecular weight excluding hydrogens is 336 g/mol. The molecule has 0 aliphatic carbocycles. The lowest BCUT2D eigenvalue weighted by Gasteiger charge is -2.33. The number of aliphatic imine (C=N–C) groups is 1. The van der Waals surface area contributed by atoms with Crippen molar-refractivity contribution in [2.45, 2.75) is 71.2 Å². The first-order valence-electron chi connectivity index (χ1n) is 10.7. The Labute approximate surface area is 164 Å². The number of hydrogen-bond donors (Lipinski definition) is 2. The molecule has 2 unspecified atom stereocenters. The molecule has 2 fully saturated rings. The number of nitrogens with one attached hydrogen (secondary N) is 2. The van der Waals surface area contributed by atoms with Gasteiger partial charge in [0.05, 0.1) is 12.6 Å². The van der Waals surface area contributed by atoms with Crippen LogP contribution in [0.3, 0.4) is 0 Å². The molecule has 2 heterocycles. The van der Waals surface area contributed by atoms with E-state index in [0.29, 0.717) is 18.7 Å². The van der Waals surface area contributed by atoms with E-state index in [0.717, 1.165) is 38.6 Å². The van der Waals surface area contributed by atoms with Crippen LogP contribution in [0, 0.1) is 0 Å². The van der Waals surface area contributed by atoms with Gasteiger partial charge in [-0.15, -0.1) is 0 Å². The van der Waals surface area contributed by atoms with Crippen molar-refractivity contribution in [3.8, 4) is 0 Å². The van der Waals surface area contributed by atoms with Gasteiger partial charge in [-0.2, -0.15) is 0 Å². The molecule has 0 spiro atoms. The van der Waals surface area contributed by atoms with Crippen molar-refractivity contribution in [3.63, 3.8) is 0 Å². The Balaban J connectivity index is 1.49. The Morgan fingerprint density at radius 2 is 1.93 bits per heavy atom. The summed E-state index contributed by atoms with van der Waals surface area (Å²) in [4.78, 5) is 7.34. The lowest BCUT2D eigenvalue weighted by atomic mass is 10.0. The second-order valence-corrected chi connectivity index (χ2v) is 7.84. The van der Waals surface area contributed by atoms with Gasteiger partial charge in [0.15, 0.2) is 5.96 Å². The van der Waals surface area contributed by atoms with Crippen molar-refractivity contribution in [1.29, 1.82) is 0 Å². The van der Waals surface area contributed by atoms with Crippen molar-refractivity contribution >= 4 is 5.96 Å². The molecule has 2 N–H and O–H groups in total. The van der Waals surface area contributed by atoms with Gasteiger partial charge in [-0.1, -0.05) is 30.7 Å². The number of benzene rings is 1. The fraction of sp³-hybridized carbons (Fsp3) is 0.682. The zero-order valence-electron chi connectivity index (χ0n) is 17.0. The molecule has 3 rings (SSSR count). The Hall–Kier alpha value is -1.59. The van der Waals surface area contributed by atoms with Gasteiger partial charge < -0.3 is 15.4 Å². The molecular formula is C22H36N4O. The lowest BCUT2D eigenvalue weighted by molar-refractivity contribution is 0.114. The van der Waals surface area contributed by atoms with Crippen LogP contribution in [0.4, 0.5) is 0 Å². The van der Waals surface area contributed by atoms with Crippen LogP contribution >= 0.6 is 0 Å². The molecule has 2 aliphatic heterocycles. The Kier molecular flexibility index (Phi) is 7.96. The first kappa shape index (κ1) is 20.2. The number of hydrogen-bond acceptors (Lipinski definition) is 3. The highest BCUT2D eigenvalue weighted by molar-refractivity contribution is 5.79. The summed E-state index contributed by atoms with van der Waals surface area (Å²) >= 11 is 0. The SMILES string of the molecule is CCNC(=NCc1ccc(CN2CCCCC2C)cc1)NCC1CCCO1. The summed E-state index contributed by atoms with van der Waals surface area (Å²) in [5.74, 6) is 0.874. The molecule has 1 aromatic carbocycles. The topological polar surface area (TPSA) is 48.9 Å².